The summed E-state index contributed by atoms with van der Waals surface area (Å²) in [6.07, 6.45) is 3.95. The summed E-state index contributed by atoms with van der Waals surface area (Å²) in [5, 5.41) is 17.5. The van der Waals surface area contributed by atoms with E-state index in [0.29, 0.717) is 42.5 Å². The van der Waals surface area contributed by atoms with Crippen molar-refractivity contribution in [3.63, 3.8) is 0 Å². The summed E-state index contributed by atoms with van der Waals surface area (Å²) in [6, 6.07) is 27.8. The molecule has 244 valence electrons. The molecule has 0 saturated carbocycles. The first-order chi connectivity index (χ1) is 23.2. The van der Waals surface area contributed by atoms with Crippen LogP contribution in [0.15, 0.2) is 106 Å². The number of fused-ring (bicyclic) bond motifs is 3. The molecular formula is C37H34FN5O4S. The van der Waals surface area contributed by atoms with Gasteiger partial charge in [-0.05, 0) is 71.6 Å². The fourth-order valence-electron chi connectivity index (χ4n) is 7.01. The van der Waals surface area contributed by atoms with Crippen LogP contribution >= 0.6 is 0 Å². The van der Waals surface area contributed by atoms with Gasteiger partial charge in [-0.1, -0.05) is 91.0 Å². The smallest absolute Gasteiger partial charge is 0.331 e. The largest absolute Gasteiger partial charge is 0.466 e. The summed E-state index contributed by atoms with van der Waals surface area (Å²) < 4.78 is 46.6. The number of hydrogen-bond donors (Lipinski definition) is 3. The summed E-state index contributed by atoms with van der Waals surface area (Å²) in [7, 11) is -3.95. The summed E-state index contributed by atoms with van der Waals surface area (Å²) in [5.41, 5.74) is 3.22. The standard InChI is InChI=1S/C37H34FN5O4S/c1-36(23-44)22-43-34(47-36)31(21-39-43)48(46,41-35(45)40-33-29-19-17-27(29)32(38)28-18-20-30(28)33)42-37(24-11-5-2-6-12-24,25-13-7-3-8-14-25)26-15-9-4-10-16-26/h2-16,21,44H,17-20,22-23H2,1H3,(H2,40,41,42,45,46)/t36-,48+/m0/s1. The van der Waals surface area contributed by atoms with E-state index in [9.17, 15) is 14.3 Å². The van der Waals surface area contributed by atoms with Crippen LogP contribution in [0.2, 0.25) is 0 Å². The highest BCUT2D eigenvalue weighted by molar-refractivity contribution is 7.92. The maximum Gasteiger partial charge on any atom is 0.331 e. The van der Waals surface area contributed by atoms with Crippen LogP contribution < -0.4 is 14.8 Å². The molecule has 2 heterocycles. The molecule has 5 aromatic rings. The average Bonchev–Trinajstić information content (AvgIpc) is 3.60. The molecule has 0 spiro atoms. The van der Waals surface area contributed by atoms with Gasteiger partial charge in [0, 0.05) is 5.69 Å². The molecular weight excluding hydrogens is 630 g/mol. The van der Waals surface area contributed by atoms with Crippen molar-refractivity contribution < 1.29 is 23.2 Å². The molecule has 3 aliphatic rings. The number of nitrogens with zero attached hydrogens (tertiary/aromatic N) is 3. The number of hydrogen-bond acceptors (Lipinski definition) is 6. The Labute approximate surface area is 278 Å². The van der Waals surface area contributed by atoms with Crippen LogP contribution in [-0.2, 0) is 47.7 Å². The van der Waals surface area contributed by atoms with E-state index in [-0.39, 0.29) is 29.7 Å². The number of aromatic nitrogens is 2. The number of carbonyl (C=O) groups excluding carboxylic acids is 1. The molecule has 11 heteroatoms. The fraction of sp³-hybridized carbons (Fsp3) is 0.243. The van der Waals surface area contributed by atoms with Crippen LogP contribution in [-0.4, -0.2) is 37.3 Å². The van der Waals surface area contributed by atoms with Crippen molar-refractivity contribution in [2.24, 2.45) is 4.36 Å². The van der Waals surface area contributed by atoms with Crippen molar-refractivity contribution >= 4 is 21.6 Å². The lowest BCUT2D eigenvalue weighted by Crippen LogP contribution is -2.39. The molecule has 0 unspecified atom stereocenters. The molecule has 0 saturated heterocycles. The Bertz CT molecular complexity index is 2050. The van der Waals surface area contributed by atoms with E-state index >= 15 is 4.21 Å². The van der Waals surface area contributed by atoms with Crippen LogP contribution in [0.25, 0.3) is 0 Å². The molecule has 0 bridgehead atoms. The molecule has 0 fully saturated rings. The summed E-state index contributed by atoms with van der Waals surface area (Å²) in [6.45, 7) is 1.65. The highest BCUT2D eigenvalue weighted by atomic mass is 32.2. The predicted octanol–water partition coefficient (Wildman–Crippen LogP) is 5.92. The van der Waals surface area contributed by atoms with Crippen LogP contribution in [0.1, 0.15) is 45.9 Å². The quantitative estimate of drug-likeness (QED) is 0.178. The van der Waals surface area contributed by atoms with E-state index < -0.39 is 27.1 Å². The van der Waals surface area contributed by atoms with Crippen molar-refractivity contribution in [1.82, 2.24) is 14.5 Å². The molecule has 2 atom stereocenters. The number of carbonyl (C=O) groups is 1. The SMILES string of the molecule is C[C@@]1(CO)Cn2ncc([S@](=O)(=NC(c3ccccc3)(c3ccccc3)c3ccccc3)NC(=O)Nc3c4c(c(F)c5c3CC5)CC4)c2O1. The third-order valence-corrected chi connectivity index (χ3v) is 11.5. The Balaban J connectivity index is 1.35. The first kappa shape index (κ1) is 30.3. The van der Waals surface area contributed by atoms with Crippen molar-refractivity contribution in [2.45, 2.75) is 55.2 Å². The van der Waals surface area contributed by atoms with E-state index in [1.807, 2.05) is 91.0 Å². The van der Waals surface area contributed by atoms with E-state index in [0.717, 1.165) is 27.8 Å². The number of nitrogens with one attached hydrogen (secondary N) is 2. The minimum Gasteiger partial charge on any atom is -0.466 e. The molecule has 4 aromatic carbocycles. The molecule has 1 aromatic heterocycles. The molecule has 3 N–H and O–H groups in total. The van der Waals surface area contributed by atoms with Gasteiger partial charge in [-0.2, -0.15) is 9.46 Å². The van der Waals surface area contributed by atoms with Gasteiger partial charge in [0.2, 0.25) is 5.88 Å². The van der Waals surface area contributed by atoms with Gasteiger partial charge < -0.3 is 15.2 Å². The molecule has 2 amide bonds. The van der Waals surface area contributed by atoms with E-state index in [1.165, 1.54) is 10.9 Å². The molecule has 8 rings (SSSR count). The zero-order chi connectivity index (χ0) is 33.1. The second kappa shape index (κ2) is 11.3. The van der Waals surface area contributed by atoms with E-state index in [2.05, 4.69) is 15.1 Å². The summed E-state index contributed by atoms with van der Waals surface area (Å²) in [4.78, 5) is 14.2. The number of urea groups is 1. The van der Waals surface area contributed by atoms with Crippen LogP contribution in [0, 0.1) is 5.82 Å². The third kappa shape index (κ3) is 4.71. The van der Waals surface area contributed by atoms with Gasteiger partial charge in [0.05, 0.1) is 19.3 Å². The second-order valence-electron chi connectivity index (χ2n) is 12.8. The first-order valence-corrected chi connectivity index (χ1v) is 17.5. The fourth-order valence-corrected chi connectivity index (χ4v) is 8.84. The molecule has 1 aliphatic heterocycles. The zero-order valence-corrected chi connectivity index (χ0v) is 27.1. The number of rotatable bonds is 8. The van der Waals surface area contributed by atoms with Crippen molar-refractivity contribution in [2.75, 3.05) is 11.9 Å². The number of aliphatic hydroxyl groups excluding tert-OH is 1. The van der Waals surface area contributed by atoms with Crippen LogP contribution in [0.3, 0.4) is 0 Å². The van der Waals surface area contributed by atoms with Crippen molar-refractivity contribution in [3.05, 3.63) is 142 Å². The first-order valence-electron chi connectivity index (χ1n) is 16.0. The Morgan fingerprint density at radius 3 is 1.88 bits per heavy atom. The average molecular weight is 664 g/mol. The minimum absolute atomic E-state index is 0.0714. The molecule has 0 radical (unpaired) electrons. The van der Waals surface area contributed by atoms with Gasteiger partial charge in [-0.25, -0.2) is 22.8 Å². The number of amides is 2. The number of halogens is 1. The maximum atomic E-state index is 15.8. The van der Waals surface area contributed by atoms with E-state index in [4.69, 9.17) is 9.10 Å². The normalized spacial score (nSPS) is 18.6. The lowest BCUT2D eigenvalue weighted by Gasteiger charge is -2.34. The van der Waals surface area contributed by atoms with Gasteiger partial charge in [-0.3, -0.25) is 0 Å². The zero-order valence-electron chi connectivity index (χ0n) is 26.3. The number of ether oxygens (including phenoxy) is 1. The monoisotopic (exact) mass is 663 g/mol. The third-order valence-electron chi connectivity index (χ3n) is 9.64. The predicted molar refractivity (Wildman–Crippen MR) is 180 cm³/mol. The minimum atomic E-state index is -3.95. The van der Waals surface area contributed by atoms with Gasteiger partial charge in [0.15, 0.2) is 15.5 Å². The van der Waals surface area contributed by atoms with Crippen LogP contribution in [0.4, 0.5) is 14.9 Å². The van der Waals surface area contributed by atoms with Gasteiger partial charge in [-0.15, -0.1) is 0 Å². The van der Waals surface area contributed by atoms with Gasteiger partial charge >= 0.3 is 6.03 Å². The lowest BCUT2D eigenvalue weighted by atomic mass is 9.76. The molecule has 9 nitrogen and oxygen atoms in total. The summed E-state index contributed by atoms with van der Waals surface area (Å²) in [5.74, 6) is -0.0150. The Morgan fingerprint density at radius 1 is 0.917 bits per heavy atom. The Hall–Kier alpha value is -5.00. The highest BCUT2D eigenvalue weighted by Crippen LogP contribution is 2.45. The Morgan fingerprint density at radius 2 is 1.42 bits per heavy atom. The van der Waals surface area contributed by atoms with Crippen LogP contribution in [0.5, 0.6) is 5.88 Å². The number of benzene rings is 4. The highest BCUT2D eigenvalue weighted by Gasteiger charge is 2.43. The number of anilines is 1. The summed E-state index contributed by atoms with van der Waals surface area (Å²) >= 11 is 0. The molecule has 48 heavy (non-hydrogen) atoms. The second-order valence-corrected chi connectivity index (χ2v) is 14.6. The number of aliphatic hydroxyl groups is 1. The van der Waals surface area contributed by atoms with Crippen molar-refractivity contribution in [3.8, 4) is 5.88 Å². The van der Waals surface area contributed by atoms with E-state index in [1.54, 1.807) is 6.92 Å². The maximum absolute atomic E-state index is 15.8. The topological polar surface area (TPSA) is 118 Å². The molecule has 2 aliphatic carbocycles. The van der Waals surface area contributed by atoms with Crippen molar-refractivity contribution in [1.29, 1.82) is 0 Å². The Kier molecular flexibility index (Phi) is 7.15. The van der Waals surface area contributed by atoms with Gasteiger partial charge in [0.1, 0.15) is 16.3 Å². The lowest BCUT2D eigenvalue weighted by molar-refractivity contribution is 0.0399. The van der Waals surface area contributed by atoms with Gasteiger partial charge in [0.25, 0.3) is 0 Å².